The van der Waals surface area contributed by atoms with Crippen LogP contribution in [0.25, 0.3) is 0 Å². The van der Waals surface area contributed by atoms with Gasteiger partial charge in [-0.3, -0.25) is 4.79 Å². The van der Waals surface area contributed by atoms with Crippen molar-refractivity contribution in [1.82, 2.24) is 0 Å². The zero-order valence-corrected chi connectivity index (χ0v) is 12.1. The number of esters is 1. The summed E-state index contributed by atoms with van der Waals surface area (Å²) in [6.45, 7) is 0. The second kappa shape index (κ2) is 6.39. The molecule has 2 rings (SSSR count). The number of rotatable bonds is 4. The lowest BCUT2D eigenvalue weighted by Crippen LogP contribution is -2.04. The van der Waals surface area contributed by atoms with Crippen molar-refractivity contribution >= 4 is 23.5 Å². The summed E-state index contributed by atoms with van der Waals surface area (Å²) in [6, 6.07) is 13.9. The molecule has 0 N–H and O–H groups in total. The van der Waals surface area contributed by atoms with Crippen molar-refractivity contribution in [2.24, 2.45) is 0 Å². The fraction of sp³-hybridized carbons (Fsp3) is 0.125. The van der Waals surface area contributed by atoms with Gasteiger partial charge < -0.3 is 4.74 Å². The number of carbonyl (C=O) groups is 2. The van der Waals surface area contributed by atoms with E-state index in [1.807, 2.05) is 30.5 Å². The largest absolute Gasteiger partial charge is 0.465 e. The van der Waals surface area contributed by atoms with Gasteiger partial charge in [-0.15, -0.1) is 11.8 Å². The van der Waals surface area contributed by atoms with Crippen molar-refractivity contribution in [3.63, 3.8) is 0 Å². The molecule has 0 aliphatic carbocycles. The van der Waals surface area contributed by atoms with Gasteiger partial charge in [0.25, 0.3) is 0 Å². The van der Waals surface area contributed by atoms with Gasteiger partial charge in [-0.25, -0.2) is 4.79 Å². The molecule has 0 spiro atoms. The van der Waals surface area contributed by atoms with Crippen LogP contribution in [0.15, 0.2) is 53.4 Å². The number of ether oxygens (including phenoxy) is 1. The quantitative estimate of drug-likeness (QED) is 0.490. The topological polar surface area (TPSA) is 43.4 Å². The van der Waals surface area contributed by atoms with Gasteiger partial charge in [0.1, 0.15) is 0 Å². The molecular weight excluding hydrogens is 272 g/mol. The number of thioether (sulfide) groups is 1. The van der Waals surface area contributed by atoms with Crippen LogP contribution < -0.4 is 0 Å². The average molecular weight is 286 g/mol. The third-order valence-electron chi connectivity index (χ3n) is 2.92. The first-order valence-electron chi connectivity index (χ1n) is 6.03. The zero-order valence-electron chi connectivity index (χ0n) is 11.3. The molecule has 3 nitrogen and oxygen atoms in total. The van der Waals surface area contributed by atoms with Gasteiger partial charge in [-0.05, 0) is 42.7 Å². The molecule has 0 amide bonds. The van der Waals surface area contributed by atoms with E-state index in [0.717, 1.165) is 4.90 Å². The lowest BCUT2D eigenvalue weighted by molar-refractivity contribution is 0.0600. The summed E-state index contributed by atoms with van der Waals surface area (Å²) in [5.74, 6) is -0.470. The van der Waals surface area contributed by atoms with Gasteiger partial charge >= 0.3 is 5.97 Å². The molecule has 0 bridgehead atoms. The molecule has 0 aliphatic heterocycles. The van der Waals surface area contributed by atoms with Crippen molar-refractivity contribution < 1.29 is 14.3 Å². The smallest absolute Gasteiger partial charge is 0.337 e. The van der Waals surface area contributed by atoms with Crippen molar-refractivity contribution in [1.29, 1.82) is 0 Å². The molecule has 0 aromatic heterocycles. The number of carbonyl (C=O) groups excluding carboxylic acids is 2. The van der Waals surface area contributed by atoms with Crippen LogP contribution >= 0.6 is 11.8 Å². The highest BCUT2D eigenvalue weighted by molar-refractivity contribution is 7.98. The zero-order chi connectivity index (χ0) is 14.5. The van der Waals surface area contributed by atoms with E-state index in [1.165, 1.54) is 7.11 Å². The first kappa shape index (κ1) is 14.3. The third-order valence-corrected chi connectivity index (χ3v) is 3.66. The summed E-state index contributed by atoms with van der Waals surface area (Å²) in [6.07, 6.45) is 1.99. The summed E-state index contributed by atoms with van der Waals surface area (Å²) in [7, 11) is 1.33. The molecule has 0 unspecified atom stereocenters. The Morgan fingerprint density at radius 1 is 0.850 bits per heavy atom. The molecule has 4 heteroatoms. The first-order valence-corrected chi connectivity index (χ1v) is 7.25. The summed E-state index contributed by atoms with van der Waals surface area (Å²) < 4.78 is 4.62. The van der Waals surface area contributed by atoms with Crippen molar-refractivity contribution in [2.75, 3.05) is 13.4 Å². The number of methoxy groups -OCH3 is 1. The van der Waals surface area contributed by atoms with Gasteiger partial charge in [0.05, 0.1) is 12.7 Å². The SMILES string of the molecule is COC(=O)c1ccc(C(=O)c2ccc(SC)cc2)cc1. The van der Waals surface area contributed by atoms with E-state index >= 15 is 0 Å². The van der Waals surface area contributed by atoms with Gasteiger partial charge in [-0.1, -0.05) is 12.1 Å². The van der Waals surface area contributed by atoms with Gasteiger partial charge in [-0.2, -0.15) is 0 Å². The van der Waals surface area contributed by atoms with Crippen LogP contribution in [-0.2, 0) is 4.74 Å². The normalized spacial score (nSPS) is 10.1. The molecule has 0 fully saturated rings. The lowest BCUT2D eigenvalue weighted by Gasteiger charge is -2.04. The highest BCUT2D eigenvalue weighted by Crippen LogP contribution is 2.17. The maximum Gasteiger partial charge on any atom is 0.337 e. The van der Waals surface area contributed by atoms with Gasteiger partial charge in [0.2, 0.25) is 0 Å². The Hall–Kier alpha value is -2.07. The van der Waals surface area contributed by atoms with Crippen molar-refractivity contribution in [2.45, 2.75) is 4.90 Å². The Kier molecular flexibility index (Phi) is 4.58. The lowest BCUT2D eigenvalue weighted by atomic mass is 10.0. The summed E-state index contributed by atoms with van der Waals surface area (Å²) in [5.41, 5.74) is 1.62. The number of hydrogen-bond donors (Lipinski definition) is 0. The van der Waals surface area contributed by atoms with Crippen LogP contribution in [0.1, 0.15) is 26.3 Å². The minimum Gasteiger partial charge on any atom is -0.465 e. The van der Waals surface area contributed by atoms with Crippen LogP contribution in [0.5, 0.6) is 0 Å². The predicted octanol–water partition coefficient (Wildman–Crippen LogP) is 3.43. The minimum absolute atomic E-state index is 0.0610. The minimum atomic E-state index is -0.409. The Bertz CT molecular complexity index is 615. The monoisotopic (exact) mass is 286 g/mol. The van der Waals surface area contributed by atoms with E-state index in [2.05, 4.69) is 4.74 Å². The van der Waals surface area contributed by atoms with E-state index in [9.17, 15) is 9.59 Å². The molecule has 2 aromatic carbocycles. The molecule has 0 heterocycles. The van der Waals surface area contributed by atoms with Crippen LogP contribution in [-0.4, -0.2) is 25.1 Å². The maximum atomic E-state index is 12.3. The number of benzene rings is 2. The molecule has 0 aliphatic rings. The highest BCUT2D eigenvalue weighted by atomic mass is 32.2. The van der Waals surface area contributed by atoms with E-state index in [-0.39, 0.29) is 5.78 Å². The van der Waals surface area contributed by atoms with Gasteiger partial charge in [0, 0.05) is 16.0 Å². The Morgan fingerprint density at radius 3 is 1.75 bits per heavy atom. The van der Waals surface area contributed by atoms with E-state index in [0.29, 0.717) is 16.7 Å². The third kappa shape index (κ3) is 3.08. The number of hydrogen-bond acceptors (Lipinski definition) is 4. The van der Waals surface area contributed by atoms with Crippen molar-refractivity contribution in [3.05, 3.63) is 65.2 Å². The number of ketones is 1. The van der Waals surface area contributed by atoms with Crippen LogP contribution in [0, 0.1) is 0 Å². The first-order chi connectivity index (χ1) is 9.65. The van der Waals surface area contributed by atoms with Crippen LogP contribution in [0.4, 0.5) is 0 Å². The fourth-order valence-corrected chi connectivity index (χ4v) is 2.19. The molecule has 0 radical (unpaired) electrons. The summed E-state index contributed by atoms with van der Waals surface area (Å²) in [4.78, 5) is 24.7. The highest BCUT2D eigenvalue weighted by Gasteiger charge is 2.11. The molecule has 102 valence electrons. The summed E-state index contributed by atoms with van der Waals surface area (Å²) >= 11 is 1.63. The van der Waals surface area contributed by atoms with E-state index < -0.39 is 5.97 Å². The fourth-order valence-electron chi connectivity index (χ4n) is 1.78. The van der Waals surface area contributed by atoms with Crippen LogP contribution in [0.2, 0.25) is 0 Å². The summed E-state index contributed by atoms with van der Waals surface area (Å²) in [5, 5.41) is 0. The van der Waals surface area contributed by atoms with Crippen molar-refractivity contribution in [3.8, 4) is 0 Å². The Labute approximate surface area is 122 Å². The Morgan fingerprint density at radius 2 is 1.30 bits per heavy atom. The van der Waals surface area contributed by atoms with E-state index in [1.54, 1.807) is 36.0 Å². The van der Waals surface area contributed by atoms with Gasteiger partial charge in [0.15, 0.2) is 5.78 Å². The Balaban J connectivity index is 2.22. The molecule has 20 heavy (non-hydrogen) atoms. The average Bonchev–Trinajstić information content (AvgIpc) is 2.53. The van der Waals surface area contributed by atoms with E-state index in [4.69, 9.17) is 0 Å². The molecular formula is C16H14O3S. The molecule has 0 atom stereocenters. The molecule has 0 saturated carbocycles. The standard InChI is InChI=1S/C16H14O3S/c1-19-16(18)13-5-3-11(4-6-13)15(17)12-7-9-14(20-2)10-8-12/h3-10H,1-2H3. The maximum absolute atomic E-state index is 12.3. The molecule has 0 saturated heterocycles. The molecule has 2 aromatic rings. The second-order valence-electron chi connectivity index (χ2n) is 4.13. The predicted molar refractivity (Wildman–Crippen MR) is 79.4 cm³/mol. The second-order valence-corrected chi connectivity index (χ2v) is 5.01. The van der Waals surface area contributed by atoms with Crippen LogP contribution in [0.3, 0.4) is 0 Å².